The van der Waals surface area contributed by atoms with E-state index in [4.69, 9.17) is 14.7 Å². The maximum absolute atomic E-state index is 11.8. The minimum absolute atomic E-state index is 0.216. The van der Waals surface area contributed by atoms with Crippen molar-refractivity contribution in [2.75, 3.05) is 48.0 Å². The van der Waals surface area contributed by atoms with Crippen molar-refractivity contribution < 1.29 is 9.53 Å². The molecule has 0 spiro atoms. The Morgan fingerprint density at radius 3 is 2.77 bits per heavy atom. The Bertz CT molecular complexity index is 1170. The molecule has 0 aliphatic carbocycles. The van der Waals surface area contributed by atoms with Crippen molar-refractivity contribution in [2.45, 2.75) is 32.9 Å². The highest BCUT2D eigenvalue weighted by Gasteiger charge is 2.29. The summed E-state index contributed by atoms with van der Waals surface area (Å²) in [4.78, 5) is 39.5. The topological polar surface area (TPSA) is 121 Å². The number of aromatic nitrogens is 5. The molecule has 11 heteroatoms. The number of hydrogen-bond donors (Lipinski definition) is 2. The molecular formula is C24H29N9O2. The Labute approximate surface area is 204 Å². The molecule has 3 aromatic heterocycles. The highest BCUT2D eigenvalue weighted by atomic mass is 16.5. The van der Waals surface area contributed by atoms with Gasteiger partial charge in [-0.1, -0.05) is 0 Å². The van der Waals surface area contributed by atoms with Gasteiger partial charge in [0.05, 0.1) is 31.5 Å². The lowest BCUT2D eigenvalue weighted by Gasteiger charge is -2.37. The summed E-state index contributed by atoms with van der Waals surface area (Å²) < 4.78 is 5.67. The fourth-order valence-electron chi connectivity index (χ4n) is 4.37. The lowest BCUT2D eigenvalue weighted by molar-refractivity contribution is 0.0984. The van der Waals surface area contributed by atoms with E-state index in [0.29, 0.717) is 43.9 Å². The Morgan fingerprint density at radius 2 is 2.03 bits per heavy atom. The molecule has 0 saturated carbocycles. The van der Waals surface area contributed by atoms with Crippen LogP contribution >= 0.6 is 0 Å². The smallest absolute Gasteiger partial charge is 0.320 e. The molecule has 2 aliphatic heterocycles. The van der Waals surface area contributed by atoms with Crippen molar-refractivity contribution in [1.82, 2.24) is 30.2 Å². The molecule has 1 fully saturated rings. The molecule has 2 amide bonds. The van der Waals surface area contributed by atoms with Crippen LogP contribution in [-0.2, 0) is 17.7 Å². The van der Waals surface area contributed by atoms with Gasteiger partial charge >= 0.3 is 6.03 Å². The van der Waals surface area contributed by atoms with Crippen LogP contribution in [-0.4, -0.2) is 69.8 Å². The van der Waals surface area contributed by atoms with E-state index in [0.717, 1.165) is 42.1 Å². The van der Waals surface area contributed by atoms with Crippen LogP contribution in [0.1, 0.15) is 25.1 Å². The molecule has 1 saturated heterocycles. The average Bonchev–Trinajstić information content (AvgIpc) is 2.89. The van der Waals surface area contributed by atoms with Crippen molar-refractivity contribution in [3.05, 3.63) is 48.0 Å². The van der Waals surface area contributed by atoms with E-state index >= 15 is 0 Å². The Hall–Kier alpha value is -3.86. The number of pyridine rings is 1. The third-order valence-electron chi connectivity index (χ3n) is 6.12. The van der Waals surface area contributed by atoms with Crippen LogP contribution in [0.5, 0.6) is 0 Å². The van der Waals surface area contributed by atoms with Gasteiger partial charge < -0.3 is 19.9 Å². The number of hydrogen-bond acceptors (Lipinski definition) is 9. The van der Waals surface area contributed by atoms with Gasteiger partial charge in [-0.15, -0.1) is 0 Å². The summed E-state index contributed by atoms with van der Waals surface area (Å²) in [7, 11) is 0. The molecule has 35 heavy (non-hydrogen) atoms. The second kappa shape index (κ2) is 10.2. The zero-order valence-electron chi connectivity index (χ0n) is 19.9. The number of anilines is 3. The first-order valence-corrected chi connectivity index (χ1v) is 11.9. The van der Waals surface area contributed by atoms with Crippen molar-refractivity contribution in [3.63, 3.8) is 0 Å². The predicted molar refractivity (Wildman–Crippen MR) is 132 cm³/mol. The molecular weight excluding hydrogens is 446 g/mol. The largest absolute Gasteiger partial charge is 0.377 e. The molecule has 2 N–H and O–H groups in total. The first-order valence-electron chi connectivity index (χ1n) is 11.9. The minimum atomic E-state index is -0.287. The normalized spacial score (nSPS) is 17.6. The number of morpholine rings is 1. The van der Waals surface area contributed by atoms with E-state index in [1.165, 1.54) is 0 Å². The Kier molecular flexibility index (Phi) is 6.66. The van der Waals surface area contributed by atoms with Crippen molar-refractivity contribution in [1.29, 1.82) is 0 Å². The SMILES string of the molecule is CCNC(=O)Nc1ccc(-c2nc3c(c(N4CCOCC4C)n2)CCN(c2ncccn2)C3)cn1. The third-order valence-corrected chi connectivity index (χ3v) is 6.12. The lowest BCUT2D eigenvalue weighted by Crippen LogP contribution is -2.45. The van der Waals surface area contributed by atoms with E-state index in [9.17, 15) is 4.79 Å². The molecule has 11 nitrogen and oxygen atoms in total. The molecule has 0 radical (unpaired) electrons. The van der Waals surface area contributed by atoms with Gasteiger partial charge in [0.1, 0.15) is 11.6 Å². The van der Waals surface area contributed by atoms with Crippen LogP contribution in [0.15, 0.2) is 36.8 Å². The number of fused-ring (bicyclic) bond motifs is 1. The van der Waals surface area contributed by atoms with Crippen LogP contribution in [0.25, 0.3) is 11.4 Å². The minimum Gasteiger partial charge on any atom is -0.377 e. The van der Waals surface area contributed by atoms with Crippen LogP contribution in [0.2, 0.25) is 0 Å². The number of nitrogens with one attached hydrogen (secondary N) is 2. The standard InChI is InChI=1S/C24H29N9O2/c1-3-25-24(34)30-20-6-5-17(13-28-20)21-29-19-14-32(23-26-8-4-9-27-23)10-7-18(19)22(31-21)33-11-12-35-15-16(33)2/h4-6,8-9,13,16H,3,7,10-12,14-15H2,1-2H3,(H2,25,28,30,34). The zero-order valence-corrected chi connectivity index (χ0v) is 19.9. The summed E-state index contributed by atoms with van der Waals surface area (Å²) >= 11 is 0. The average molecular weight is 476 g/mol. The molecule has 0 bridgehead atoms. The molecule has 3 aromatic rings. The Morgan fingerprint density at radius 1 is 1.17 bits per heavy atom. The molecule has 1 unspecified atom stereocenters. The summed E-state index contributed by atoms with van der Waals surface area (Å²) in [6, 6.07) is 5.38. The third kappa shape index (κ3) is 4.99. The highest BCUT2D eigenvalue weighted by molar-refractivity contribution is 5.88. The van der Waals surface area contributed by atoms with Crippen LogP contribution < -0.4 is 20.4 Å². The van der Waals surface area contributed by atoms with Gasteiger partial charge in [0.2, 0.25) is 5.95 Å². The maximum Gasteiger partial charge on any atom is 0.320 e. The van der Waals surface area contributed by atoms with E-state index in [2.05, 4.69) is 42.3 Å². The quantitative estimate of drug-likeness (QED) is 0.572. The molecule has 5 rings (SSSR count). The second-order valence-corrected chi connectivity index (χ2v) is 8.55. The fourth-order valence-corrected chi connectivity index (χ4v) is 4.37. The number of rotatable bonds is 5. The number of nitrogens with zero attached hydrogens (tertiary/aromatic N) is 7. The van der Waals surface area contributed by atoms with Gasteiger partial charge in [-0.2, -0.15) is 0 Å². The first kappa shape index (κ1) is 22.9. The molecule has 0 aromatic carbocycles. The molecule has 182 valence electrons. The Balaban J connectivity index is 1.49. The summed E-state index contributed by atoms with van der Waals surface area (Å²) in [5.41, 5.74) is 2.91. The summed E-state index contributed by atoms with van der Waals surface area (Å²) in [5.74, 6) is 2.72. The number of amides is 2. The zero-order chi connectivity index (χ0) is 24.2. The number of carbonyl (C=O) groups is 1. The van der Waals surface area contributed by atoms with E-state index in [1.54, 1.807) is 24.7 Å². The highest BCUT2D eigenvalue weighted by Crippen LogP contribution is 2.32. The maximum atomic E-state index is 11.8. The monoisotopic (exact) mass is 475 g/mol. The van der Waals surface area contributed by atoms with Crippen molar-refractivity contribution in [2.24, 2.45) is 0 Å². The van der Waals surface area contributed by atoms with Crippen LogP contribution in [0.4, 0.5) is 22.4 Å². The van der Waals surface area contributed by atoms with Gasteiger partial charge in [-0.05, 0) is 38.5 Å². The molecule has 2 aliphatic rings. The summed E-state index contributed by atoms with van der Waals surface area (Å²) in [5, 5.41) is 5.41. The van der Waals surface area contributed by atoms with Crippen molar-refractivity contribution in [3.8, 4) is 11.4 Å². The molecule has 1 atom stereocenters. The summed E-state index contributed by atoms with van der Waals surface area (Å²) in [6.07, 6.45) is 6.01. The number of urea groups is 1. The number of ether oxygens (including phenoxy) is 1. The second-order valence-electron chi connectivity index (χ2n) is 8.55. The van der Waals surface area contributed by atoms with Crippen LogP contribution in [0.3, 0.4) is 0 Å². The summed E-state index contributed by atoms with van der Waals surface area (Å²) in [6.45, 7) is 8.08. The molecule has 5 heterocycles. The van der Waals surface area contributed by atoms with Gasteiger partial charge in [-0.3, -0.25) is 5.32 Å². The first-order chi connectivity index (χ1) is 17.1. The van der Waals surface area contributed by atoms with Crippen molar-refractivity contribution >= 4 is 23.6 Å². The number of carbonyl (C=O) groups excluding carboxylic acids is 1. The van der Waals surface area contributed by atoms with E-state index in [-0.39, 0.29) is 12.1 Å². The predicted octanol–water partition coefficient (Wildman–Crippen LogP) is 2.26. The van der Waals surface area contributed by atoms with Crippen LogP contribution in [0, 0.1) is 0 Å². The van der Waals surface area contributed by atoms with Gasteiger partial charge in [0.15, 0.2) is 5.82 Å². The van der Waals surface area contributed by atoms with Gasteiger partial charge in [0.25, 0.3) is 0 Å². The van der Waals surface area contributed by atoms with E-state index < -0.39 is 0 Å². The van der Waals surface area contributed by atoms with Gasteiger partial charge in [-0.25, -0.2) is 29.7 Å². The lowest BCUT2D eigenvalue weighted by atomic mass is 10.0. The van der Waals surface area contributed by atoms with E-state index in [1.807, 2.05) is 19.1 Å². The fraction of sp³-hybridized carbons (Fsp3) is 0.417. The van der Waals surface area contributed by atoms with Gasteiger partial charge in [0, 0.05) is 49.4 Å².